The van der Waals surface area contributed by atoms with Crippen LogP contribution in [0.1, 0.15) is 12.0 Å². The fourth-order valence-corrected chi connectivity index (χ4v) is 2.82. The number of rotatable bonds is 2. The summed E-state index contributed by atoms with van der Waals surface area (Å²) in [6.07, 6.45) is 0.153. The normalized spacial score (nSPS) is 33.5. The average Bonchev–Trinajstić information content (AvgIpc) is 2.87. The first-order valence-corrected chi connectivity index (χ1v) is 6.55. The van der Waals surface area contributed by atoms with Gasteiger partial charge in [-0.25, -0.2) is 4.79 Å². The third-order valence-corrected chi connectivity index (χ3v) is 3.90. The Morgan fingerprint density at radius 1 is 1.45 bits per heavy atom. The summed E-state index contributed by atoms with van der Waals surface area (Å²) in [5.41, 5.74) is -0.409. The molecular weight excluding hydrogens is 266 g/mol. The number of aliphatic hydroxyl groups is 2. The van der Waals surface area contributed by atoms with Crippen molar-refractivity contribution < 1.29 is 15.1 Å². The highest BCUT2D eigenvalue weighted by molar-refractivity contribution is 5.01. The molecule has 0 saturated carbocycles. The zero-order valence-electron chi connectivity index (χ0n) is 11.0. The predicted molar refractivity (Wildman–Crippen MR) is 68.1 cm³/mol. The highest BCUT2D eigenvalue weighted by Crippen LogP contribution is 2.31. The maximum Gasteiger partial charge on any atom is 0.328 e. The largest absolute Gasteiger partial charge is 0.389 e. The Morgan fingerprint density at radius 3 is 2.90 bits per heavy atom. The summed E-state index contributed by atoms with van der Waals surface area (Å²) in [5.74, 6) is 0. The Hall–Kier alpha value is -1.48. The zero-order chi connectivity index (χ0) is 14.4. The Morgan fingerprint density at radius 2 is 2.20 bits per heavy atom. The van der Waals surface area contributed by atoms with Crippen molar-refractivity contribution in [1.82, 2.24) is 14.6 Å². The van der Waals surface area contributed by atoms with Crippen LogP contribution < -0.4 is 11.2 Å². The van der Waals surface area contributed by atoms with Crippen molar-refractivity contribution in [3.05, 3.63) is 32.6 Å². The van der Waals surface area contributed by atoms with Gasteiger partial charge in [0.2, 0.25) is 0 Å². The third kappa shape index (κ3) is 2.20. The topological polar surface area (TPSA) is 108 Å². The summed E-state index contributed by atoms with van der Waals surface area (Å²) in [7, 11) is 0. The van der Waals surface area contributed by atoms with Crippen LogP contribution in [-0.4, -0.2) is 55.7 Å². The van der Waals surface area contributed by atoms with Gasteiger partial charge in [-0.2, -0.15) is 5.06 Å². The average molecular weight is 283 g/mol. The van der Waals surface area contributed by atoms with E-state index in [0.29, 0.717) is 18.5 Å². The highest BCUT2D eigenvalue weighted by Gasteiger charge is 2.47. The van der Waals surface area contributed by atoms with Crippen molar-refractivity contribution in [3.63, 3.8) is 0 Å². The summed E-state index contributed by atoms with van der Waals surface area (Å²) in [6, 6.07) is -0.241. The van der Waals surface area contributed by atoms with E-state index in [2.05, 4.69) is 4.98 Å². The van der Waals surface area contributed by atoms with Gasteiger partial charge in [-0.05, 0) is 13.3 Å². The maximum absolute atomic E-state index is 11.7. The molecule has 2 aliphatic rings. The number of nitrogens with zero attached hydrogens (tertiary/aromatic N) is 2. The Kier molecular flexibility index (Phi) is 3.25. The smallest absolute Gasteiger partial charge is 0.328 e. The molecule has 0 amide bonds. The summed E-state index contributed by atoms with van der Waals surface area (Å²) in [4.78, 5) is 30.8. The summed E-state index contributed by atoms with van der Waals surface area (Å²) >= 11 is 0. The quantitative estimate of drug-likeness (QED) is 0.577. The van der Waals surface area contributed by atoms with E-state index in [1.807, 2.05) is 0 Å². The van der Waals surface area contributed by atoms with E-state index < -0.39 is 23.5 Å². The number of hydrogen-bond donors (Lipinski definition) is 3. The van der Waals surface area contributed by atoms with Crippen LogP contribution in [0.4, 0.5) is 0 Å². The molecule has 2 saturated heterocycles. The lowest BCUT2D eigenvalue weighted by atomic mass is 10.1. The molecule has 8 heteroatoms. The van der Waals surface area contributed by atoms with Gasteiger partial charge in [0.25, 0.3) is 5.56 Å². The van der Waals surface area contributed by atoms with Crippen LogP contribution in [0.3, 0.4) is 0 Å². The molecule has 4 atom stereocenters. The van der Waals surface area contributed by atoms with Crippen molar-refractivity contribution in [2.75, 3.05) is 6.54 Å². The van der Waals surface area contributed by atoms with Crippen LogP contribution in [0.2, 0.25) is 0 Å². The van der Waals surface area contributed by atoms with Crippen molar-refractivity contribution >= 4 is 0 Å². The van der Waals surface area contributed by atoms with E-state index >= 15 is 0 Å². The number of aliphatic hydroxyl groups excluding tert-OH is 2. The van der Waals surface area contributed by atoms with E-state index in [9.17, 15) is 19.8 Å². The lowest BCUT2D eigenvalue weighted by molar-refractivity contribution is -0.157. The number of aryl methyl sites for hydroxylation is 1. The fraction of sp³-hybridized carbons (Fsp3) is 0.667. The molecule has 0 aliphatic carbocycles. The van der Waals surface area contributed by atoms with E-state index in [1.54, 1.807) is 12.0 Å². The Balaban J connectivity index is 1.74. The number of nitrogens with one attached hydrogen (secondary N) is 1. The van der Waals surface area contributed by atoms with E-state index in [-0.39, 0.29) is 18.7 Å². The Labute approximate surface area is 114 Å². The van der Waals surface area contributed by atoms with E-state index in [4.69, 9.17) is 4.84 Å². The first kappa shape index (κ1) is 13.5. The van der Waals surface area contributed by atoms with Gasteiger partial charge >= 0.3 is 5.69 Å². The minimum atomic E-state index is -0.825. The number of aromatic nitrogens is 2. The second kappa shape index (κ2) is 4.81. The van der Waals surface area contributed by atoms with Crippen LogP contribution in [0, 0.1) is 6.92 Å². The summed E-state index contributed by atoms with van der Waals surface area (Å²) < 4.78 is 1.40. The number of hydroxylamine groups is 2. The minimum absolute atomic E-state index is 0.241. The molecule has 3 heterocycles. The molecule has 0 aromatic carbocycles. The molecule has 0 unspecified atom stereocenters. The lowest BCUT2D eigenvalue weighted by Gasteiger charge is -2.15. The molecule has 110 valence electrons. The predicted octanol–water partition coefficient (Wildman–Crippen LogP) is -2.05. The second-order valence-electron chi connectivity index (χ2n) is 5.41. The standard InChI is InChI=1S/C12H17N3O5/c1-6-3-14(12(19)13-11(6)18)4-7-2-8-10(17)9(16)5-15(8)20-7/h3,7-10,16-17H,2,4-5H2,1H3,(H,13,18,19)/t7-,8-,9-,10-/m0/s1. The van der Waals surface area contributed by atoms with Crippen molar-refractivity contribution in [1.29, 1.82) is 0 Å². The van der Waals surface area contributed by atoms with Gasteiger partial charge in [0.1, 0.15) is 0 Å². The van der Waals surface area contributed by atoms with Gasteiger partial charge in [0, 0.05) is 11.8 Å². The first-order chi connectivity index (χ1) is 9.45. The van der Waals surface area contributed by atoms with Crippen LogP contribution in [0.25, 0.3) is 0 Å². The van der Waals surface area contributed by atoms with Crippen LogP contribution >= 0.6 is 0 Å². The molecule has 0 spiro atoms. The number of aromatic amines is 1. The summed E-state index contributed by atoms with van der Waals surface area (Å²) in [6.45, 7) is 2.19. The molecule has 8 nitrogen and oxygen atoms in total. The van der Waals surface area contributed by atoms with Gasteiger partial charge in [-0.15, -0.1) is 0 Å². The van der Waals surface area contributed by atoms with Crippen LogP contribution in [-0.2, 0) is 11.4 Å². The second-order valence-corrected chi connectivity index (χ2v) is 5.41. The van der Waals surface area contributed by atoms with Crippen molar-refractivity contribution in [3.8, 4) is 0 Å². The summed E-state index contributed by atoms with van der Waals surface area (Å²) in [5, 5.41) is 20.9. The number of H-pyrrole nitrogens is 1. The van der Waals surface area contributed by atoms with Gasteiger partial charge < -0.3 is 10.2 Å². The molecule has 3 N–H and O–H groups in total. The molecule has 3 rings (SSSR count). The number of fused-ring (bicyclic) bond motifs is 1. The maximum atomic E-state index is 11.7. The van der Waals surface area contributed by atoms with Gasteiger partial charge in [0.15, 0.2) is 0 Å². The van der Waals surface area contributed by atoms with Crippen molar-refractivity contribution in [2.24, 2.45) is 0 Å². The fourth-order valence-electron chi connectivity index (χ4n) is 2.82. The van der Waals surface area contributed by atoms with Crippen LogP contribution in [0.15, 0.2) is 15.8 Å². The lowest BCUT2D eigenvalue weighted by Crippen LogP contribution is -2.35. The molecule has 1 aromatic heterocycles. The van der Waals surface area contributed by atoms with Gasteiger partial charge in [0.05, 0.1) is 37.4 Å². The highest BCUT2D eigenvalue weighted by atomic mass is 16.7. The van der Waals surface area contributed by atoms with Gasteiger partial charge in [-0.1, -0.05) is 0 Å². The van der Waals surface area contributed by atoms with E-state index in [1.165, 1.54) is 10.8 Å². The Bertz CT molecular complexity index is 624. The zero-order valence-corrected chi connectivity index (χ0v) is 11.0. The molecule has 0 radical (unpaired) electrons. The molecule has 1 aromatic rings. The first-order valence-electron chi connectivity index (χ1n) is 6.55. The molecule has 0 bridgehead atoms. The SMILES string of the molecule is Cc1cn(C[C@@H]2C[C@H]3[C@H](O)[C@@H](O)CN3O2)c(=O)[nH]c1=O. The van der Waals surface area contributed by atoms with E-state index in [0.717, 1.165) is 0 Å². The van der Waals surface area contributed by atoms with Crippen molar-refractivity contribution in [2.45, 2.75) is 44.2 Å². The minimum Gasteiger partial charge on any atom is -0.389 e. The monoisotopic (exact) mass is 283 g/mol. The molecular formula is C12H17N3O5. The molecule has 2 fully saturated rings. The van der Waals surface area contributed by atoms with Gasteiger partial charge in [-0.3, -0.25) is 19.2 Å². The molecule has 20 heavy (non-hydrogen) atoms. The third-order valence-electron chi connectivity index (χ3n) is 3.90. The number of hydrogen-bond acceptors (Lipinski definition) is 6. The van der Waals surface area contributed by atoms with Crippen LogP contribution in [0.5, 0.6) is 0 Å². The molecule has 2 aliphatic heterocycles.